The van der Waals surface area contributed by atoms with Crippen molar-refractivity contribution in [3.8, 4) is 0 Å². The average Bonchev–Trinajstić information content (AvgIpc) is 2.41. The molecule has 20 heavy (non-hydrogen) atoms. The van der Waals surface area contributed by atoms with E-state index in [0.717, 1.165) is 48.6 Å². The Kier molecular flexibility index (Phi) is 3.36. The molecule has 1 aromatic heterocycles. The quantitative estimate of drug-likeness (QED) is 0.911. The third-order valence-electron chi connectivity index (χ3n) is 3.97. The third kappa shape index (κ3) is 2.49. The van der Waals surface area contributed by atoms with E-state index in [1.807, 2.05) is 30.3 Å². The molecule has 2 N–H and O–H groups in total. The number of nitrogens with zero attached hydrogens (tertiary/aromatic N) is 2. The van der Waals surface area contributed by atoms with Crippen LogP contribution in [-0.4, -0.2) is 35.2 Å². The summed E-state index contributed by atoms with van der Waals surface area (Å²) in [5, 5.41) is 1.03. The maximum absolute atomic E-state index is 6.15. The van der Waals surface area contributed by atoms with Crippen LogP contribution in [0.25, 0.3) is 10.9 Å². The number of nitrogen functional groups attached to an aromatic ring is 1. The Hall–Kier alpha value is -1.65. The van der Waals surface area contributed by atoms with Crippen LogP contribution in [0.3, 0.4) is 0 Å². The molecule has 0 aliphatic carbocycles. The highest BCUT2D eigenvalue weighted by Crippen LogP contribution is 2.24. The van der Waals surface area contributed by atoms with Gasteiger partial charge in [-0.1, -0.05) is 18.2 Å². The van der Waals surface area contributed by atoms with Crippen molar-refractivity contribution in [1.29, 1.82) is 0 Å². The summed E-state index contributed by atoms with van der Waals surface area (Å²) in [6.07, 6.45) is 0. The highest BCUT2D eigenvalue weighted by atomic mass is 16.5. The van der Waals surface area contributed by atoms with E-state index in [4.69, 9.17) is 15.5 Å². The van der Waals surface area contributed by atoms with Crippen LogP contribution >= 0.6 is 0 Å². The zero-order chi connectivity index (χ0) is 14.2. The van der Waals surface area contributed by atoms with Crippen LogP contribution in [0, 0.1) is 0 Å². The average molecular weight is 271 g/mol. The van der Waals surface area contributed by atoms with Crippen molar-refractivity contribution in [3.05, 3.63) is 36.0 Å². The van der Waals surface area contributed by atoms with E-state index in [1.54, 1.807) is 0 Å². The van der Waals surface area contributed by atoms with Gasteiger partial charge in [-0.2, -0.15) is 0 Å². The molecule has 1 saturated heterocycles. The summed E-state index contributed by atoms with van der Waals surface area (Å²) in [7, 11) is 0. The minimum absolute atomic E-state index is 0.0420. The fourth-order valence-electron chi connectivity index (χ4n) is 2.72. The molecule has 0 saturated carbocycles. The van der Waals surface area contributed by atoms with Crippen molar-refractivity contribution in [2.75, 3.05) is 25.5 Å². The Morgan fingerprint density at radius 2 is 2.15 bits per heavy atom. The highest BCUT2D eigenvalue weighted by Gasteiger charge is 2.30. The summed E-state index contributed by atoms with van der Waals surface area (Å²) < 4.78 is 5.56. The Bertz CT molecular complexity index is 624. The number of para-hydroxylation sites is 1. The molecule has 106 valence electrons. The van der Waals surface area contributed by atoms with Gasteiger partial charge in [0.05, 0.1) is 24.4 Å². The smallest absolute Gasteiger partial charge is 0.0726 e. The van der Waals surface area contributed by atoms with Gasteiger partial charge in [-0.25, -0.2) is 0 Å². The van der Waals surface area contributed by atoms with Gasteiger partial charge in [0.25, 0.3) is 0 Å². The first-order valence-corrected chi connectivity index (χ1v) is 7.03. The maximum atomic E-state index is 6.15. The number of fused-ring (bicyclic) bond motifs is 1. The Labute approximate surface area is 119 Å². The lowest BCUT2D eigenvalue weighted by atomic mass is 10.0. The van der Waals surface area contributed by atoms with E-state index in [2.05, 4.69) is 18.7 Å². The second-order valence-electron chi connectivity index (χ2n) is 6.01. The Morgan fingerprint density at radius 3 is 2.95 bits per heavy atom. The largest absolute Gasteiger partial charge is 0.398 e. The topological polar surface area (TPSA) is 51.4 Å². The Morgan fingerprint density at radius 1 is 1.35 bits per heavy atom. The molecule has 1 aromatic carbocycles. The summed E-state index contributed by atoms with van der Waals surface area (Å²) in [6, 6.07) is 10.0. The normalized spacial score (nSPS) is 19.3. The molecule has 4 nitrogen and oxygen atoms in total. The minimum atomic E-state index is 0.0420. The van der Waals surface area contributed by atoms with Crippen LogP contribution in [0.15, 0.2) is 30.3 Å². The number of pyridine rings is 1. The summed E-state index contributed by atoms with van der Waals surface area (Å²) in [5.41, 5.74) is 8.98. The van der Waals surface area contributed by atoms with Crippen LogP contribution in [0.4, 0.5) is 5.69 Å². The summed E-state index contributed by atoms with van der Waals surface area (Å²) in [4.78, 5) is 7.14. The first kappa shape index (κ1) is 13.3. The van der Waals surface area contributed by atoms with Gasteiger partial charge in [0, 0.05) is 29.7 Å². The van der Waals surface area contributed by atoms with E-state index in [0.29, 0.717) is 0 Å². The van der Waals surface area contributed by atoms with Crippen molar-refractivity contribution in [1.82, 2.24) is 9.88 Å². The molecule has 0 amide bonds. The molecule has 0 spiro atoms. The summed E-state index contributed by atoms with van der Waals surface area (Å²) in [6.45, 7) is 7.70. The van der Waals surface area contributed by atoms with Gasteiger partial charge in [-0.05, 0) is 26.0 Å². The van der Waals surface area contributed by atoms with Gasteiger partial charge in [0.1, 0.15) is 0 Å². The molecule has 0 bridgehead atoms. The molecule has 1 aliphatic rings. The predicted molar refractivity (Wildman–Crippen MR) is 81.5 cm³/mol. The molecule has 2 heterocycles. The van der Waals surface area contributed by atoms with Crippen molar-refractivity contribution in [3.63, 3.8) is 0 Å². The number of morpholine rings is 1. The van der Waals surface area contributed by atoms with Gasteiger partial charge >= 0.3 is 0 Å². The van der Waals surface area contributed by atoms with Crippen LogP contribution < -0.4 is 5.73 Å². The molecular weight excluding hydrogens is 250 g/mol. The lowest BCUT2D eigenvalue weighted by Gasteiger charge is -2.41. The van der Waals surface area contributed by atoms with Gasteiger partial charge in [-0.15, -0.1) is 0 Å². The van der Waals surface area contributed by atoms with Crippen molar-refractivity contribution in [2.45, 2.75) is 25.9 Å². The second kappa shape index (κ2) is 5.04. The summed E-state index contributed by atoms with van der Waals surface area (Å²) >= 11 is 0. The summed E-state index contributed by atoms with van der Waals surface area (Å²) in [5.74, 6) is 0. The van der Waals surface area contributed by atoms with Crippen LogP contribution in [0.1, 0.15) is 19.5 Å². The van der Waals surface area contributed by atoms with E-state index in [1.165, 1.54) is 0 Å². The van der Waals surface area contributed by atoms with Gasteiger partial charge < -0.3 is 10.5 Å². The number of benzene rings is 1. The third-order valence-corrected chi connectivity index (χ3v) is 3.97. The SMILES string of the molecule is CC1(C)COCCN1Cc1cc(N)c2ccccc2n1. The van der Waals surface area contributed by atoms with Crippen molar-refractivity contribution < 1.29 is 4.74 Å². The maximum Gasteiger partial charge on any atom is 0.0726 e. The highest BCUT2D eigenvalue weighted by molar-refractivity contribution is 5.90. The number of nitrogens with two attached hydrogens (primary N) is 1. The van der Waals surface area contributed by atoms with Gasteiger partial charge in [-0.3, -0.25) is 9.88 Å². The second-order valence-corrected chi connectivity index (χ2v) is 6.01. The fraction of sp³-hybridized carbons (Fsp3) is 0.438. The van der Waals surface area contributed by atoms with Gasteiger partial charge in [0.15, 0.2) is 0 Å². The van der Waals surface area contributed by atoms with E-state index in [-0.39, 0.29) is 5.54 Å². The molecule has 0 atom stereocenters. The molecule has 2 aromatic rings. The molecule has 1 aliphatic heterocycles. The lowest BCUT2D eigenvalue weighted by Crippen LogP contribution is -2.52. The van der Waals surface area contributed by atoms with Crippen molar-refractivity contribution in [2.24, 2.45) is 0 Å². The number of hydrogen-bond acceptors (Lipinski definition) is 4. The molecule has 4 heteroatoms. The molecule has 0 radical (unpaired) electrons. The standard InChI is InChI=1S/C16H21N3O/c1-16(2)11-20-8-7-19(16)10-12-9-14(17)13-5-3-4-6-15(13)18-12/h3-6,9H,7-8,10-11H2,1-2H3,(H2,17,18). The van der Waals surface area contributed by atoms with E-state index in [9.17, 15) is 0 Å². The number of anilines is 1. The number of ether oxygens (including phenoxy) is 1. The molecule has 0 unspecified atom stereocenters. The van der Waals surface area contributed by atoms with Crippen LogP contribution in [-0.2, 0) is 11.3 Å². The minimum Gasteiger partial charge on any atom is -0.398 e. The zero-order valence-corrected chi connectivity index (χ0v) is 12.1. The predicted octanol–water partition coefficient (Wildman–Crippen LogP) is 2.43. The van der Waals surface area contributed by atoms with Crippen LogP contribution in [0.5, 0.6) is 0 Å². The Balaban J connectivity index is 1.91. The van der Waals surface area contributed by atoms with Crippen molar-refractivity contribution >= 4 is 16.6 Å². The van der Waals surface area contributed by atoms with Crippen LogP contribution in [0.2, 0.25) is 0 Å². The monoisotopic (exact) mass is 271 g/mol. The molecule has 1 fully saturated rings. The molecular formula is C16H21N3O. The molecule has 3 rings (SSSR count). The number of rotatable bonds is 2. The van der Waals surface area contributed by atoms with E-state index >= 15 is 0 Å². The zero-order valence-electron chi connectivity index (χ0n) is 12.1. The first-order chi connectivity index (χ1) is 9.56. The number of hydrogen-bond donors (Lipinski definition) is 1. The fourth-order valence-corrected chi connectivity index (χ4v) is 2.72. The first-order valence-electron chi connectivity index (χ1n) is 7.03. The van der Waals surface area contributed by atoms with Gasteiger partial charge in [0.2, 0.25) is 0 Å². The van der Waals surface area contributed by atoms with E-state index < -0.39 is 0 Å². The lowest BCUT2D eigenvalue weighted by molar-refractivity contribution is -0.0557. The number of aromatic nitrogens is 1.